The number of carbonyl (C=O) groups excluding carboxylic acids is 4. The number of imidazole rings is 1. The number of H-pyrrole nitrogens is 1. The van der Waals surface area contributed by atoms with Crippen molar-refractivity contribution in [2.24, 2.45) is 5.73 Å². The molecule has 0 aliphatic carbocycles. The second-order valence-corrected chi connectivity index (χ2v) is 16.2. The summed E-state index contributed by atoms with van der Waals surface area (Å²) < 4.78 is 11.0. The van der Waals surface area contributed by atoms with E-state index in [1.54, 1.807) is 57.6 Å². The summed E-state index contributed by atoms with van der Waals surface area (Å²) in [5.74, 6) is 3.26. The topological polar surface area (TPSA) is 196 Å². The van der Waals surface area contributed by atoms with E-state index in [0.29, 0.717) is 118 Å². The standard InChI is InChI=1S/C33H63N9O6S4/c1-49-23-9-36-30(43)4-14-41(13-3-29-27-35-28-40-29)15-5-32(45)38-11-25-51-52-26-12-39-33(46)7-17-42(16-6-31(44)37-10-24-50-2)18-20-48-22-21-47-19-8-34/h27-28H,3-26,34H2,1-2H3,(H,35,40)(H,36,43)(H,37,44)(H,38,45)(H,39,46). The molecular weight excluding hydrogens is 747 g/mol. The van der Waals surface area contributed by atoms with Gasteiger partial charge in [-0.2, -0.15) is 23.5 Å². The maximum Gasteiger partial charge on any atom is 0.221 e. The molecule has 1 aromatic heterocycles. The minimum Gasteiger partial charge on any atom is -0.378 e. The monoisotopic (exact) mass is 809 g/mol. The maximum atomic E-state index is 12.5. The van der Waals surface area contributed by atoms with Crippen LogP contribution in [0.3, 0.4) is 0 Å². The first-order chi connectivity index (χ1) is 25.4. The number of hydrogen-bond donors (Lipinski definition) is 6. The Morgan fingerprint density at radius 3 is 1.52 bits per heavy atom. The third-order valence-corrected chi connectivity index (χ3v) is 11.0. The van der Waals surface area contributed by atoms with Crippen molar-refractivity contribution in [2.45, 2.75) is 32.1 Å². The van der Waals surface area contributed by atoms with Gasteiger partial charge in [0.15, 0.2) is 0 Å². The van der Waals surface area contributed by atoms with E-state index in [1.165, 1.54) is 0 Å². The van der Waals surface area contributed by atoms with Crippen molar-refractivity contribution in [1.82, 2.24) is 41.0 Å². The molecule has 0 aliphatic rings. The van der Waals surface area contributed by atoms with Crippen molar-refractivity contribution < 1.29 is 28.7 Å². The van der Waals surface area contributed by atoms with E-state index in [1.807, 2.05) is 12.5 Å². The van der Waals surface area contributed by atoms with Gasteiger partial charge in [-0.05, 0) is 12.5 Å². The van der Waals surface area contributed by atoms with E-state index < -0.39 is 0 Å². The number of amides is 4. The molecule has 0 unspecified atom stereocenters. The van der Waals surface area contributed by atoms with Gasteiger partial charge < -0.3 is 51.3 Å². The maximum absolute atomic E-state index is 12.5. The molecule has 300 valence electrons. The molecule has 0 saturated heterocycles. The molecule has 1 heterocycles. The molecule has 0 radical (unpaired) electrons. The number of nitrogens with one attached hydrogen (secondary N) is 5. The molecule has 0 aliphatic heterocycles. The predicted molar refractivity (Wildman–Crippen MR) is 218 cm³/mol. The molecule has 15 nitrogen and oxygen atoms in total. The van der Waals surface area contributed by atoms with Crippen molar-refractivity contribution in [3.63, 3.8) is 0 Å². The van der Waals surface area contributed by atoms with E-state index in [2.05, 4.69) is 41.0 Å². The van der Waals surface area contributed by atoms with Gasteiger partial charge in [0, 0.05) is 139 Å². The van der Waals surface area contributed by atoms with Crippen LogP contribution in [0, 0.1) is 0 Å². The number of thioether (sulfide) groups is 2. The Hall–Kier alpha value is -1.71. The molecule has 1 rings (SSSR count). The Bertz CT molecular complexity index is 1050. The number of aromatic nitrogens is 2. The first kappa shape index (κ1) is 48.3. The lowest BCUT2D eigenvalue weighted by molar-refractivity contribution is -0.123. The van der Waals surface area contributed by atoms with Gasteiger partial charge >= 0.3 is 0 Å². The van der Waals surface area contributed by atoms with Crippen molar-refractivity contribution in [3.8, 4) is 0 Å². The fourth-order valence-corrected chi connectivity index (χ4v) is 6.96. The molecule has 0 atom stereocenters. The Labute approximate surface area is 327 Å². The molecular formula is C33H63N9O6S4. The number of nitrogens with zero attached hydrogens (tertiary/aromatic N) is 3. The Morgan fingerprint density at radius 1 is 0.654 bits per heavy atom. The molecule has 19 heteroatoms. The van der Waals surface area contributed by atoms with E-state index in [4.69, 9.17) is 15.2 Å². The lowest BCUT2D eigenvalue weighted by Crippen LogP contribution is -2.36. The molecule has 0 saturated carbocycles. The summed E-state index contributed by atoms with van der Waals surface area (Å²) in [5, 5.41) is 11.8. The highest BCUT2D eigenvalue weighted by molar-refractivity contribution is 8.76. The SMILES string of the molecule is CSCCNC(=O)CCN(CCOCCOCCN)CCC(=O)NCCSSCCNC(=O)CCN(CCC(=O)NCCSC)CCc1cnc[nH]1. The zero-order valence-corrected chi connectivity index (χ0v) is 34.4. The number of hydrogen-bond acceptors (Lipinski definition) is 14. The zero-order valence-electron chi connectivity index (χ0n) is 31.1. The largest absolute Gasteiger partial charge is 0.378 e. The summed E-state index contributed by atoms with van der Waals surface area (Å²) in [6, 6.07) is 0. The molecule has 0 fully saturated rings. The van der Waals surface area contributed by atoms with Crippen LogP contribution < -0.4 is 27.0 Å². The molecule has 1 aromatic rings. The van der Waals surface area contributed by atoms with Crippen LogP contribution in [0.2, 0.25) is 0 Å². The van der Waals surface area contributed by atoms with E-state index >= 15 is 0 Å². The van der Waals surface area contributed by atoms with Crippen LogP contribution >= 0.6 is 45.1 Å². The van der Waals surface area contributed by atoms with Gasteiger partial charge in [-0.1, -0.05) is 21.6 Å². The molecule has 4 amide bonds. The Morgan fingerprint density at radius 2 is 1.10 bits per heavy atom. The second-order valence-electron chi connectivity index (χ2n) is 11.6. The predicted octanol–water partition coefficient (Wildman–Crippen LogP) is 0.681. The van der Waals surface area contributed by atoms with E-state index in [-0.39, 0.29) is 23.6 Å². The number of rotatable bonds is 36. The number of carbonyl (C=O) groups is 4. The summed E-state index contributed by atoms with van der Waals surface area (Å²) >= 11 is 3.38. The third-order valence-electron chi connectivity index (χ3n) is 7.41. The van der Waals surface area contributed by atoms with Crippen molar-refractivity contribution >= 4 is 68.7 Å². The quantitative estimate of drug-likeness (QED) is 0.0409. The lowest BCUT2D eigenvalue weighted by atomic mass is 10.2. The lowest BCUT2D eigenvalue weighted by Gasteiger charge is -2.22. The molecule has 0 aromatic carbocycles. The summed E-state index contributed by atoms with van der Waals surface area (Å²) in [4.78, 5) is 60.8. The zero-order chi connectivity index (χ0) is 37.9. The van der Waals surface area contributed by atoms with Crippen LogP contribution in [-0.4, -0.2) is 177 Å². The van der Waals surface area contributed by atoms with Crippen molar-refractivity contribution in [1.29, 1.82) is 0 Å². The van der Waals surface area contributed by atoms with Crippen LogP contribution in [0.15, 0.2) is 12.5 Å². The highest BCUT2D eigenvalue weighted by atomic mass is 33.1. The summed E-state index contributed by atoms with van der Waals surface area (Å²) in [7, 11) is 3.31. The van der Waals surface area contributed by atoms with Crippen LogP contribution in [0.4, 0.5) is 0 Å². The van der Waals surface area contributed by atoms with Gasteiger partial charge in [0.05, 0.1) is 32.8 Å². The van der Waals surface area contributed by atoms with Crippen LogP contribution in [-0.2, 0) is 35.1 Å². The smallest absolute Gasteiger partial charge is 0.221 e. The second kappa shape index (κ2) is 35.0. The Kier molecular flexibility index (Phi) is 32.5. The van der Waals surface area contributed by atoms with Gasteiger partial charge in [-0.25, -0.2) is 4.98 Å². The fourth-order valence-electron chi connectivity index (χ4n) is 4.53. The van der Waals surface area contributed by atoms with Gasteiger partial charge in [-0.3, -0.25) is 19.2 Å². The third kappa shape index (κ3) is 29.7. The van der Waals surface area contributed by atoms with Crippen molar-refractivity contribution in [3.05, 3.63) is 18.2 Å². The van der Waals surface area contributed by atoms with E-state index in [0.717, 1.165) is 41.7 Å². The fraction of sp³-hybridized carbons (Fsp3) is 0.788. The summed E-state index contributed by atoms with van der Waals surface area (Å²) in [6.45, 7) is 8.44. The summed E-state index contributed by atoms with van der Waals surface area (Å²) in [6.07, 6.45) is 9.69. The number of nitrogens with two attached hydrogens (primary N) is 1. The highest BCUT2D eigenvalue weighted by Gasteiger charge is 2.13. The molecule has 0 spiro atoms. The van der Waals surface area contributed by atoms with Gasteiger partial charge in [0.25, 0.3) is 0 Å². The van der Waals surface area contributed by atoms with E-state index in [9.17, 15) is 19.2 Å². The normalized spacial score (nSPS) is 11.2. The van der Waals surface area contributed by atoms with Crippen LogP contribution in [0.5, 0.6) is 0 Å². The number of aromatic amines is 1. The van der Waals surface area contributed by atoms with Crippen molar-refractivity contribution in [2.75, 3.05) is 134 Å². The average Bonchev–Trinajstić information content (AvgIpc) is 3.67. The number of ether oxygens (including phenoxy) is 2. The molecule has 0 bridgehead atoms. The van der Waals surface area contributed by atoms with Crippen LogP contribution in [0.25, 0.3) is 0 Å². The highest BCUT2D eigenvalue weighted by Crippen LogP contribution is 2.19. The summed E-state index contributed by atoms with van der Waals surface area (Å²) in [5.41, 5.74) is 6.45. The van der Waals surface area contributed by atoms with Gasteiger partial charge in [0.2, 0.25) is 23.6 Å². The first-order valence-corrected chi connectivity index (χ1v) is 23.2. The van der Waals surface area contributed by atoms with Gasteiger partial charge in [0.1, 0.15) is 0 Å². The molecule has 7 N–H and O–H groups in total. The van der Waals surface area contributed by atoms with Gasteiger partial charge in [-0.15, -0.1) is 0 Å². The average molecular weight is 810 g/mol. The molecule has 52 heavy (non-hydrogen) atoms. The minimum atomic E-state index is -0.0294. The first-order valence-electron chi connectivity index (χ1n) is 17.9. The van der Waals surface area contributed by atoms with Crippen LogP contribution in [0.1, 0.15) is 31.4 Å². The Balaban J connectivity index is 2.24. The minimum absolute atomic E-state index is 0.00696.